The fourth-order valence-electron chi connectivity index (χ4n) is 7.56. The number of nitrogens with zero attached hydrogens (tertiary/aromatic N) is 2. The number of anilines is 3. The third-order valence-electron chi connectivity index (χ3n) is 10.3. The largest absolute Gasteiger partial charge is 0.435 e. The molecule has 0 amide bonds. The third-order valence-corrected chi connectivity index (χ3v) is 10.3. The molecule has 0 fully saturated rings. The Hall–Kier alpha value is -7.23. The van der Waals surface area contributed by atoms with Crippen molar-refractivity contribution < 1.29 is 4.42 Å². The first-order chi connectivity index (χ1) is 26.7. The van der Waals surface area contributed by atoms with Crippen molar-refractivity contribution in [2.45, 2.75) is 0 Å². The van der Waals surface area contributed by atoms with E-state index in [0.717, 1.165) is 55.6 Å². The fourth-order valence-corrected chi connectivity index (χ4v) is 7.56. The number of fused-ring (bicyclic) bond motifs is 4. The van der Waals surface area contributed by atoms with Crippen LogP contribution in [0.15, 0.2) is 211 Å². The molecular weight excluding hydrogens is 657 g/mol. The van der Waals surface area contributed by atoms with Crippen molar-refractivity contribution in [3.8, 4) is 44.8 Å². The third kappa shape index (κ3) is 5.78. The minimum absolute atomic E-state index is 0.610. The molecule has 10 aromatic rings. The zero-order valence-electron chi connectivity index (χ0n) is 29.4. The molecule has 10 rings (SSSR count). The van der Waals surface area contributed by atoms with Crippen molar-refractivity contribution in [3.63, 3.8) is 0 Å². The summed E-state index contributed by atoms with van der Waals surface area (Å²) in [6.07, 6.45) is 0. The molecule has 54 heavy (non-hydrogen) atoms. The van der Waals surface area contributed by atoms with E-state index in [1.165, 1.54) is 33.0 Å². The van der Waals surface area contributed by atoms with Gasteiger partial charge in [0.1, 0.15) is 5.52 Å². The SMILES string of the molecule is c1ccc(-c2ccc(-c3nc4ccc5ccc(N(c6ccc(-c7ccccc7)cc6)c6cccc(-c7cccc8ccccc78)c6)cc5c4o3)cc2)cc1. The second kappa shape index (κ2) is 13.4. The number of hydrogen-bond acceptors (Lipinski definition) is 3. The zero-order chi connectivity index (χ0) is 35.8. The Kier molecular flexibility index (Phi) is 7.81. The normalized spacial score (nSPS) is 11.3. The summed E-state index contributed by atoms with van der Waals surface area (Å²) in [6.45, 7) is 0. The number of oxazole rings is 1. The zero-order valence-corrected chi connectivity index (χ0v) is 29.4. The summed E-state index contributed by atoms with van der Waals surface area (Å²) in [7, 11) is 0. The Morgan fingerprint density at radius 3 is 1.65 bits per heavy atom. The van der Waals surface area contributed by atoms with Crippen molar-refractivity contribution in [1.82, 2.24) is 4.98 Å². The van der Waals surface area contributed by atoms with Gasteiger partial charge in [-0.2, -0.15) is 0 Å². The maximum atomic E-state index is 6.61. The topological polar surface area (TPSA) is 29.3 Å². The molecule has 3 nitrogen and oxygen atoms in total. The van der Waals surface area contributed by atoms with Gasteiger partial charge in [-0.15, -0.1) is 0 Å². The average molecular weight is 691 g/mol. The van der Waals surface area contributed by atoms with Crippen LogP contribution in [0, 0.1) is 0 Å². The molecule has 0 aliphatic heterocycles. The molecular formula is C51H34N2O. The lowest BCUT2D eigenvalue weighted by molar-refractivity contribution is 0.623. The standard InChI is InChI=1S/C51H34N2O/c1-3-11-35(12-4-1)37-21-23-41(24-22-37)51-52-49-32-28-40-27-31-45(34-48(40)50(49)54-51)53(43-29-25-38(26-30-43)36-13-5-2-6-14-36)44-18-9-17-42(33-44)47-20-10-16-39-15-7-8-19-46(39)47/h1-34H. The van der Waals surface area contributed by atoms with Gasteiger partial charge in [0.2, 0.25) is 5.89 Å². The van der Waals surface area contributed by atoms with E-state index in [1.807, 2.05) is 6.07 Å². The Labute approximate surface area is 314 Å². The van der Waals surface area contributed by atoms with E-state index in [-0.39, 0.29) is 0 Å². The number of rotatable bonds is 7. The average Bonchev–Trinajstić information content (AvgIpc) is 3.70. The van der Waals surface area contributed by atoms with Crippen LogP contribution in [-0.4, -0.2) is 4.98 Å². The van der Waals surface area contributed by atoms with Crippen molar-refractivity contribution in [3.05, 3.63) is 206 Å². The Morgan fingerprint density at radius 1 is 0.352 bits per heavy atom. The van der Waals surface area contributed by atoms with Gasteiger partial charge in [-0.05, 0) is 104 Å². The van der Waals surface area contributed by atoms with Crippen LogP contribution >= 0.6 is 0 Å². The summed E-state index contributed by atoms with van der Waals surface area (Å²) < 4.78 is 6.61. The Morgan fingerprint density at radius 2 is 0.889 bits per heavy atom. The van der Waals surface area contributed by atoms with Gasteiger partial charge in [0, 0.05) is 28.0 Å². The van der Waals surface area contributed by atoms with Gasteiger partial charge in [-0.1, -0.05) is 152 Å². The van der Waals surface area contributed by atoms with Gasteiger partial charge in [0.05, 0.1) is 0 Å². The van der Waals surface area contributed by atoms with Gasteiger partial charge in [0.15, 0.2) is 5.58 Å². The van der Waals surface area contributed by atoms with E-state index < -0.39 is 0 Å². The first kappa shape index (κ1) is 31.5. The second-order valence-corrected chi connectivity index (χ2v) is 13.6. The van der Waals surface area contributed by atoms with Crippen LogP contribution in [0.25, 0.3) is 77.5 Å². The predicted molar refractivity (Wildman–Crippen MR) is 225 cm³/mol. The van der Waals surface area contributed by atoms with Crippen molar-refractivity contribution >= 4 is 49.7 Å². The smallest absolute Gasteiger partial charge is 0.227 e. The quantitative estimate of drug-likeness (QED) is 0.167. The van der Waals surface area contributed by atoms with E-state index >= 15 is 0 Å². The summed E-state index contributed by atoms with van der Waals surface area (Å²) in [4.78, 5) is 7.29. The molecule has 0 radical (unpaired) electrons. The highest BCUT2D eigenvalue weighted by atomic mass is 16.3. The van der Waals surface area contributed by atoms with Crippen LogP contribution in [0.5, 0.6) is 0 Å². The number of aromatic nitrogens is 1. The predicted octanol–water partition coefficient (Wildman–Crippen LogP) is 14.3. The van der Waals surface area contributed by atoms with Gasteiger partial charge in [0.25, 0.3) is 0 Å². The van der Waals surface area contributed by atoms with Crippen LogP contribution < -0.4 is 4.90 Å². The monoisotopic (exact) mass is 690 g/mol. The van der Waals surface area contributed by atoms with Crippen molar-refractivity contribution in [2.24, 2.45) is 0 Å². The minimum Gasteiger partial charge on any atom is -0.435 e. The molecule has 0 spiro atoms. The first-order valence-electron chi connectivity index (χ1n) is 18.3. The van der Waals surface area contributed by atoms with Crippen LogP contribution in [0.3, 0.4) is 0 Å². The highest BCUT2D eigenvalue weighted by Gasteiger charge is 2.18. The maximum Gasteiger partial charge on any atom is 0.227 e. The molecule has 0 atom stereocenters. The molecule has 0 aliphatic carbocycles. The van der Waals surface area contributed by atoms with Crippen molar-refractivity contribution in [2.75, 3.05) is 4.90 Å². The fraction of sp³-hybridized carbons (Fsp3) is 0. The van der Waals surface area contributed by atoms with Crippen LogP contribution in [0.1, 0.15) is 0 Å². The van der Waals surface area contributed by atoms with Crippen LogP contribution in [0.2, 0.25) is 0 Å². The van der Waals surface area contributed by atoms with E-state index in [1.54, 1.807) is 0 Å². The molecule has 0 unspecified atom stereocenters. The number of hydrogen-bond donors (Lipinski definition) is 0. The molecule has 0 saturated heterocycles. The van der Waals surface area contributed by atoms with E-state index in [4.69, 9.17) is 9.40 Å². The summed E-state index contributed by atoms with van der Waals surface area (Å²) in [5.41, 5.74) is 12.8. The van der Waals surface area contributed by atoms with Crippen LogP contribution in [-0.2, 0) is 0 Å². The number of benzene rings is 9. The lowest BCUT2D eigenvalue weighted by Crippen LogP contribution is -2.10. The maximum absolute atomic E-state index is 6.61. The molecule has 1 aromatic heterocycles. The second-order valence-electron chi connectivity index (χ2n) is 13.6. The van der Waals surface area contributed by atoms with Crippen LogP contribution in [0.4, 0.5) is 17.1 Å². The lowest BCUT2D eigenvalue weighted by Gasteiger charge is -2.26. The molecule has 0 bridgehead atoms. The molecule has 3 heteroatoms. The van der Waals surface area contributed by atoms with Crippen molar-refractivity contribution in [1.29, 1.82) is 0 Å². The molecule has 0 saturated carbocycles. The molecule has 1 heterocycles. The van der Waals surface area contributed by atoms with Gasteiger partial charge >= 0.3 is 0 Å². The summed E-state index contributed by atoms with van der Waals surface area (Å²) in [6, 6.07) is 73.0. The van der Waals surface area contributed by atoms with Gasteiger partial charge in [-0.25, -0.2) is 4.98 Å². The highest BCUT2D eigenvalue weighted by Crippen LogP contribution is 2.41. The summed E-state index contributed by atoms with van der Waals surface area (Å²) in [5, 5.41) is 4.57. The first-order valence-corrected chi connectivity index (χ1v) is 18.3. The Balaban J connectivity index is 1.09. The lowest BCUT2D eigenvalue weighted by atomic mass is 9.97. The molecule has 0 N–H and O–H groups in total. The summed E-state index contributed by atoms with van der Waals surface area (Å²) >= 11 is 0. The van der Waals surface area contributed by atoms with E-state index in [0.29, 0.717) is 5.89 Å². The summed E-state index contributed by atoms with van der Waals surface area (Å²) in [5.74, 6) is 0.610. The van der Waals surface area contributed by atoms with E-state index in [2.05, 4.69) is 205 Å². The van der Waals surface area contributed by atoms with E-state index in [9.17, 15) is 0 Å². The highest BCUT2D eigenvalue weighted by molar-refractivity contribution is 6.06. The molecule has 9 aromatic carbocycles. The minimum atomic E-state index is 0.610. The molecule has 0 aliphatic rings. The van der Waals surface area contributed by atoms with Gasteiger partial charge in [-0.3, -0.25) is 0 Å². The molecule has 254 valence electrons. The van der Waals surface area contributed by atoms with Gasteiger partial charge < -0.3 is 9.32 Å². The Bertz CT molecular complexity index is 2910.